The quantitative estimate of drug-likeness (QED) is 0.710. The molecular formula is C23H28N2O6S. The third kappa shape index (κ3) is 4.83. The first-order valence-electron chi connectivity index (χ1n) is 10.8. The minimum Gasteiger partial charge on any atom is -0.489 e. The van der Waals surface area contributed by atoms with Gasteiger partial charge in [0.2, 0.25) is 16.1 Å². The second-order valence-electron chi connectivity index (χ2n) is 8.14. The Morgan fingerprint density at radius 3 is 2.53 bits per heavy atom. The van der Waals surface area contributed by atoms with Crippen LogP contribution in [0.1, 0.15) is 33.1 Å². The van der Waals surface area contributed by atoms with Gasteiger partial charge in [-0.1, -0.05) is 18.6 Å². The number of ether oxygens (including phenoxy) is 3. The van der Waals surface area contributed by atoms with Crippen molar-refractivity contribution in [3.63, 3.8) is 0 Å². The summed E-state index contributed by atoms with van der Waals surface area (Å²) in [6.07, 6.45) is 1.69. The van der Waals surface area contributed by atoms with Crippen LogP contribution in [0.25, 0.3) is 0 Å². The molecule has 0 aromatic heterocycles. The molecule has 9 heteroatoms. The molecule has 2 aliphatic rings. The summed E-state index contributed by atoms with van der Waals surface area (Å²) in [5, 5.41) is 2.78. The summed E-state index contributed by atoms with van der Waals surface area (Å²) in [5.74, 6) is 1.01. The summed E-state index contributed by atoms with van der Waals surface area (Å²) in [7, 11) is -3.66. The number of para-hydroxylation sites is 2. The molecule has 2 heterocycles. The fourth-order valence-electron chi connectivity index (χ4n) is 3.74. The van der Waals surface area contributed by atoms with Crippen molar-refractivity contribution in [3.05, 3.63) is 42.5 Å². The van der Waals surface area contributed by atoms with Crippen molar-refractivity contribution in [1.82, 2.24) is 4.31 Å². The maximum Gasteiger partial charge on any atom is 0.269 e. The number of carbonyl (C=O) groups excluding carboxylic acids is 1. The molecule has 1 atom stereocenters. The molecule has 0 spiro atoms. The van der Waals surface area contributed by atoms with E-state index in [0.717, 1.165) is 19.3 Å². The van der Waals surface area contributed by atoms with Gasteiger partial charge in [-0.25, -0.2) is 8.42 Å². The lowest BCUT2D eigenvalue weighted by Crippen LogP contribution is -2.40. The number of amides is 1. The SMILES string of the molecule is CC(C)Oc1ccc(S(=O)(=O)N2CCCCC2)cc1NC(=O)[C@@H]1COc2ccccc2O1. The Hall–Kier alpha value is -2.78. The molecule has 0 radical (unpaired) electrons. The van der Waals surface area contributed by atoms with Crippen molar-refractivity contribution in [2.75, 3.05) is 25.0 Å². The van der Waals surface area contributed by atoms with E-state index >= 15 is 0 Å². The van der Waals surface area contributed by atoms with Crippen LogP contribution in [0.3, 0.4) is 0 Å². The average molecular weight is 461 g/mol. The van der Waals surface area contributed by atoms with Gasteiger partial charge in [0.1, 0.15) is 12.4 Å². The highest BCUT2D eigenvalue weighted by molar-refractivity contribution is 7.89. The topological polar surface area (TPSA) is 94.2 Å². The Bertz CT molecular complexity index is 1080. The van der Waals surface area contributed by atoms with Gasteiger partial charge in [0.25, 0.3) is 5.91 Å². The summed E-state index contributed by atoms with van der Waals surface area (Å²) in [5.41, 5.74) is 0.282. The lowest BCUT2D eigenvalue weighted by atomic mass is 10.2. The zero-order valence-corrected chi connectivity index (χ0v) is 19.1. The van der Waals surface area contributed by atoms with Crippen molar-refractivity contribution < 1.29 is 27.4 Å². The highest BCUT2D eigenvalue weighted by Crippen LogP contribution is 2.33. The molecule has 32 heavy (non-hydrogen) atoms. The molecule has 0 aliphatic carbocycles. The summed E-state index contributed by atoms with van der Waals surface area (Å²) >= 11 is 0. The van der Waals surface area contributed by atoms with Crippen LogP contribution in [0.2, 0.25) is 0 Å². The third-order valence-electron chi connectivity index (χ3n) is 5.33. The molecule has 2 aliphatic heterocycles. The Kier molecular flexibility index (Phi) is 6.57. The maximum absolute atomic E-state index is 13.1. The number of benzene rings is 2. The maximum atomic E-state index is 13.1. The second kappa shape index (κ2) is 9.38. The van der Waals surface area contributed by atoms with Gasteiger partial charge in [0.05, 0.1) is 16.7 Å². The fraction of sp³-hybridized carbons (Fsp3) is 0.435. The lowest BCUT2D eigenvalue weighted by Gasteiger charge is -2.27. The smallest absolute Gasteiger partial charge is 0.269 e. The van der Waals surface area contributed by atoms with Crippen LogP contribution in [0.15, 0.2) is 47.4 Å². The van der Waals surface area contributed by atoms with Crippen molar-refractivity contribution in [3.8, 4) is 17.2 Å². The van der Waals surface area contributed by atoms with Gasteiger partial charge >= 0.3 is 0 Å². The summed E-state index contributed by atoms with van der Waals surface area (Å²) < 4.78 is 45.0. The van der Waals surface area contributed by atoms with E-state index in [2.05, 4.69) is 5.32 Å². The largest absolute Gasteiger partial charge is 0.489 e. The number of anilines is 1. The number of hydrogen-bond donors (Lipinski definition) is 1. The number of piperidine rings is 1. The van der Waals surface area contributed by atoms with E-state index < -0.39 is 22.0 Å². The predicted octanol–water partition coefficient (Wildman–Crippen LogP) is 3.43. The average Bonchev–Trinajstić information content (AvgIpc) is 2.80. The molecule has 4 rings (SSSR count). The minimum atomic E-state index is -3.66. The van der Waals surface area contributed by atoms with E-state index in [-0.39, 0.29) is 23.3 Å². The molecule has 0 bridgehead atoms. The minimum absolute atomic E-state index is 0.0506. The number of nitrogens with zero attached hydrogens (tertiary/aromatic N) is 1. The Morgan fingerprint density at radius 2 is 1.81 bits per heavy atom. The van der Waals surface area contributed by atoms with E-state index in [9.17, 15) is 13.2 Å². The van der Waals surface area contributed by atoms with Crippen LogP contribution < -0.4 is 19.5 Å². The Labute approximate surface area is 188 Å². The Morgan fingerprint density at radius 1 is 1.09 bits per heavy atom. The van der Waals surface area contributed by atoms with E-state index in [1.165, 1.54) is 16.4 Å². The molecule has 1 fully saturated rings. The lowest BCUT2D eigenvalue weighted by molar-refractivity contribution is -0.125. The number of nitrogens with one attached hydrogen (secondary N) is 1. The van der Waals surface area contributed by atoms with Gasteiger partial charge in [0.15, 0.2) is 11.5 Å². The molecule has 2 aromatic carbocycles. The molecule has 1 N–H and O–H groups in total. The van der Waals surface area contributed by atoms with E-state index in [0.29, 0.717) is 30.3 Å². The second-order valence-corrected chi connectivity index (χ2v) is 10.1. The zero-order chi connectivity index (χ0) is 22.7. The molecule has 0 saturated carbocycles. The first-order valence-corrected chi connectivity index (χ1v) is 12.3. The van der Waals surface area contributed by atoms with Gasteiger partial charge in [-0.15, -0.1) is 0 Å². The van der Waals surface area contributed by atoms with Crippen molar-refractivity contribution >= 4 is 21.6 Å². The van der Waals surface area contributed by atoms with Crippen LogP contribution >= 0.6 is 0 Å². The molecule has 172 valence electrons. The van der Waals surface area contributed by atoms with Gasteiger partial charge in [-0.2, -0.15) is 4.31 Å². The van der Waals surface area contributed by atoms with Crippen LogP contribution in [-0.2, 0) is 14.8 Å². The van der Waals surface area contributed by atoms with Gasteiger partial charge in [-0.3, -0.25) is 4.79 Å². The highest BCUT2D eigenvalue weighted by Gasteiger charge is 2.30. The number of hydrogen-bond acceptors (Lipinski definition) is 6. The molecule has 8 nitrogen and oxygen atoms in total. The van der Waals surface area contributed by atoms with Crippen molar-refractivity contribution in [2.45, 2.75) is 50.2 Å². The number of carbonyl (C=O) groups is 1. The first-order chi connectivity index (χ1) is 15.3. The summed E-state index contributed by atoms with van der Waals surface area (Å²) in [6.45, 7) is 4.77. The Balaban J connectivity index is 1.58. The molecule has 1 saturated heterocycles. The van der Waals surface area contributed by atoms with E-state index in [4.69, 9.17) is 14.2 Å². The molecular weight excluding hydrogens is 432 g/mol. The molecule has 0 unspecified atom stereocenters. The van der Waals surface area contributed by atoms with Crippen molar-refractivity contribution in [1.29, 1.82) is 0 Å². The van der Waals surface area contributed by atoms with Crippen LogP contribution in [0, 0.1) is 0 Å². The van der Waals surface area contributed by atoms with E-state index in [1.54, 1.807) is 24.3 Å². The third-order valence-corrected chi connectivity index (χ3v) is 7.22. The number of sulfonamides is 1. The molecule has 1 amide bonds. The summed E-state index contributed by atoms with van der Waals surface area (Å²) in [6, 6.07) is 11.7. The highest BCUT2D eigenvalue weighted by atomic mass is 32.2. The van der Waals surface area contributed by atoms with Crippen molar-refractivity contribution in [2.24, 2.45) is 0 Å². The fourth-order valence-corrected chi connectivity index (χ4v) is 5.28. The van der Waals surface area contributed by atoms with Crippen LogP contribution in [0.4, 0.5) is 5.69 Å². The van der Waals surface area contributed by atoms with Crippen LogP contribution in [-0.4, -0.2) is 50.5 Å². The van der Waals surface area contributed by atoms with Gasteiger partial charge < -0.3 is 19.5 Å². The number of rotatable bonds is 6. The van der Waals surface area contributed by atoms with E-state index in [1.807, 2.05) is 19.9 Å². The zero-order valence-electron chi connectivity index (χ0n) is 18.2. The van der Waals surface area contributed by atoms with Gasteiger partial charge in [0, 0.05) is 13.1 Å². The van der Waals surface area contributed by atoms with Gasteiger partial charge in [-0.05, 0) is 57.0 Å². The molecule has 2 aromatic rings. The summed E-state index contributed by atoms with van der Waals surface area (Å²) in [4.78, 5) is 13.1. The predicted molar refractivity (Wildman–Crippen MR) is 120 cm³/mol. The standard InChI is InChI=1S/C23H28N2O6S/c1-16(2)30-19-11-10-17(32(27,28)25-12-6-3-7-13-25)14-18(19)24-23(26)22-15-29-20-8-4-5-9-21(20)31-22/h4-5,8-11,14,16,22H,3,6-7,12-13,15H2,1-2H3,(H,24,26)/t22-/m0/s1. The number of fused-ring (bicyclic) bond motifs is 1. The monoisotopic (exact) mass is 460 g/mol. The first kappa shape index (κ1) is 22.4. The normalized spacial score (nSPS) is 18.9. The van der Waals surface area contributed by atoms with Crippen LogP contribution in [0.5, 0.6) is 17.2 Å².